The van der Waals surface area contributed by atoms with Crippen LogP contribution in [0.4, 0.5) is 0 Å². The molecule has 0 bridgehead atoms. The summed E-state index contributed by atoms with van der Waals surface area (Å²) in [7, 11) is 0. The van der Waals surface area contributed by atoms with Crippen molar-refractivity contribution in [3.05, 3.63) is 87.5 Å². The summed E-state index contributed by atoms with van der Waals surface area (Å²) < 4.78 is 1.91. The Bertz CT molecular complexity index is 1290. The Hall–Kier alpha value is -3.32. The summed E-state index contributed by atoms with van der Waals surface area (Å²) in [5.41, 5.74) is 4.09. The number of pyridine rings is 1. The molecule has 34 heavy (non-hydrogen) atoms. The third-order valence-electron chi connectivity index (χ3n) is 6.95. The summed E-state index contributed by atoms with van der Waals surface area (Å²) in [6.07, 6.45) is 6.93. The molecular formula is C27H32N6O. The van der Waals surface area contributed by atoms with Crippen LogP contribution in [0, 0.1) is 6.92 Å². The number of nitrogens with one attached hydrogen (secondary N) is 1. The zero-order valence-electron chi connectivity index (χ0n) is 19.8. The molecule has 2 aromatic carbocycles. The average Bonchev–Trinajstić information content (AvgIpc) is 3.31. The molecule has 0 spiro atoms. The Morgan fingerprint density at radius 3 is 2.68 bits per heavy atom. The summed E-state index contributed by atoms with van der Waals surface area (Å²) in [4.78, 5) is 18.5. The lowest BCUT2D eigenvalue weighted by atomic mass is 9.93. The van der Waals surface area contributed by atoms with E-state index in [9.17, 15) is 4.79 Å². The predicted octanol–water partition coefficient (Wildman–Crippen LogP) is 4.40. The maximum absolute atomic E-state index is 13.0. The van der Waals surface area contributed by atoms with E-state index in [0.717, 1.165) is 53.7 Å². The van der Waals surface area contributed by atoms with Crippen molar-refractivity contribution in [3.8, 4) is 0 Å². The zero-order chi connectivity index (χ0) is 23.3. The first-order valence-electron chi connectivity index (χ1n) is 12.3. The second kappa shape index (κ2) is 10.3. The molecule has 2 heterocycles. The predicted molar refractivity (Wildman–Crippen MR) is 133 cm³/mol. The molecule has 1 aliphatic carbocycles. The molecule has 1 aliphatic rings. The van der Waals surface area contributed by atoms with Gasteiger partial charge in [-0.25, -0.2) is 4.68 Å². The molecule has 0 atom stereocenters. The van der Waals surface area contributed by atoms with Crippen molar-refractivity contribution < 1.29 is 0 Å². The van der Waals surface area contributed by atoms with Crippen LogP contribution in [-0.4, -0.2) is 36.1 Å². The van der Waals surface area contributed by atoms with E-state index in [1.165, 1.54) is 24.8 Å². The van der Waals surface area contributed by atoms with Gasteiger partial charge in [0.2, 0.25) is 0 Å². The highest BCUT2D eigenvalue weighted by atomic mass is 16.1. The lowest BCUT2D eigenvalue weighted by Crippen LogP contribution is -2.38. The summed E-state index contributed by atoms with van der Waals surface area (Å²) >= 11 is 0. The van der Waals surface area contributed by atoms with E-state index >= 15 is 0 Å². The number of hydrogen-bond acceptors (Lipinski definition) is 5. The number of aryl methyl sites for hydroxylation is 3. The van der Waals surface area contributed by atoms with Crippen molar-refractivity contribution in [2.45, 2.75) is 71.1 Å². The molecule has 176 valence electrons. The van der Waals surface area contributed by atoms with E-state index in [1.807, 2.05) is 29.8 Å². The number of aromatic nitrogens is 5. The molecule has 0 aliphatic heterocycles. The van der Waals surface area contributed by atoms with E-state index in [-0.39, 0.29) is 5.56 Å². The molecular weight excluding hydrogens is 424 g/mol. The molecule has 1 fully saturated rings. The van der Waals surface area contributed by atoms with E-state index in [2.05, 4.69) is 61.8 Å². The van der Waals surface area contributed by atoms with Crippen molar-refractivity contribution in [2.75, 3.05) is 0 Å². The van der Waals surface area contributed by atoms with Gasteiger partial charge in [-0.1, -0.05) is 61.7 Å². The summed E-state index contributed by atoms with van der Waals surface area (Å²) in [6.45, 7) is 4.01. The fourth-order valence-corrected chi connectivity index (χ4v) is 5.03. The van der Waals surface area contributed by atoms with Crippen LogP contribution in [0.15, 0.2) is 59.4 Å². The van der Waals surface area contributed by atoms with Gasteiger partial charge in [-0.3, -0.25) is 9.69 Å². The van der Waals surface area contributed by atoms with Crippen molar-refractivity contribution in [1.29, 1.82) is 0 Å². The third-order valence-corrected chi connectivity index (χ3v) is 6.95. The maximum atomic E-state index is 13.0. The first kappa shape index (κ1) is 22.5. The highest BCUT2D eigenvalue weighted by Gasteiger charge is 2.24. The van der Waals surface area contributed by atoms with Crippen molar-refractivity contribution in [2.24, 2.45) is 0 Å². The second-order valence-electron chi connectivity index (χ2n) is 9.47. The van der Waals surface area contributed by atoms with Gasteiger partial charge in [-0.15, -0.1) is 5.10 Å². The molecule has 0 saturated heterocycles. The van der Waals surface area contributed by atoms with Gasteiger partial charge in [0.1, 0.15) is 0 Å². The molecule has 7 nitrogen and oxygen atoms in total. The van der Waals surface area contributed by atoms with Gasteiger partial charge in [0, 0.05) is 30.2 Å². The summed E-state index contributed by atoms with van der Waals surface area (Å²) in [5.74, 6) is 0.856. The summed E-state index contributed by atoms with van der Waals surface area (Å²) in [6, 6.07) is 19.1. The van der Waals surface area contributed by atoms with Crippen LogP contribution in [0.2, 0.25) is 0 Å². The Labute approximate surface area is 199 Å². The first-order valence-corrected chi connectivity index (χ1v) is 12.3. The van der Waals surface area contributed by atoms with E-state index in [4.69, 9.17) is 0 Å². The molecule has 7 heteroatoms. The number of fused-ring (bicyclic) bond motifs is 1. The number of aromatic amines is 1. The lowest BCUT2D eigenvalue weighted by Gasteiger charge is -2.33. The Balaban J connectivity index is 1.38. The molecule has 5 rings (SSSR count). The zero-order valence-corrected chi connectivity index (χ0v) is 19.8. The Morgan fingerprint density at radius 1 is 1.03 bits per heavy atom. The van der Waals surface area contributed by atoms with Crippen LogP contribution in [0.1, 0.15) is 54.6 Å². The smallest absolute Gasteiger partial charge is 0.252 e. The number of hydrogen-bond donors (Lipinski definition) is 1. The monoisotopic (exact) mass is 456 g/mol. The number of H-pyrrole nitrogens is 1. The van der Waals surface area contributed by atoms with E-state index in [0.29, 0.717) is 19.1 Å². The molecule has 1 N–H and O–H groups in total. The molecule has 0 radical (unpaired) electrons. The van der Waals surface area contributed by atoms with Gasteiger partial charge < -0.3 is 4.98 Å². The number of benzene rings is 2. The Kier molecular flexibility index (Phi) is 6.81. The van der Waals surface area contributed by atoms with Crippen LogP contribution >= 0.6 is 0 Å². The van der Waals surface area contributed by atoms with Crippen LogP contribution in [0.3, 0.4) is 0 Å². The lowest BCUT2D eigenvalue weighted by molar-refractivity contribution is 0.133. The second-order valence-corrected chi connectivity index (χ2v) is 9.47. The molecule has 2 aromatic heterocycles. The minimum atomic E-state index is -0.0115. The fourth-order valence-electron chi connectivity index (χ4n) is 5.03. The number of tetrazole rings is 1. The molecule has 4 aromatic rings. The third kappa shape index (κ3) is 5.25. The van der Waals surface area contributed by atoms with Gasteiger partial charge in [-0.2, -0.15) is 0 Å². The average molecular weight is 457 g/mol. The normalized spacial score (nSPS) is 14.8. The van der Waals surface area contributed by atoms with Crippen molar-refractivity contribution in [3.63, 3.8) is 0 Å². The van der Waals surface area contributed by atoms with E-state index < -0.39 is 0 Å². The molecule has 0 unspecified atom stereocenters. The van der Waals surface area contributed by atoms with Gasteiger partial charge in [0.05, 0.1) is 6.54 Å². The van der Waals surface area contributed by atoms with Gasteiger partial charge in [0.15, 0.2) is 5.82 Å². The highest BCUT2D eigenvalue weighted by molar-refractivity contribution is 5.79. The molecule has 0 amide bonds. The Morgan fingerprint density at radius 2 is 1.85 bits per heavy atom. The minimum absolute atomic E-state index is 0.0115. The number of nitrogens with zero attached hydrogens (tertiary/aromatic N) is 5. The molecule has 1 saturated carbocycles. The SMILES string of the molecule is Cc1ccc2cc(CN(Cc3nnnn3CCc3ccccc3)C3CCCCC3)c(=O)[nH]c2c1. The van der Waals surface area contributed by atoms with E-state index in [1.54, 1.807) is 0 Å². The van der Waals surface area contributed by atoms with Crippen LogP contribution < -0.4 is 5.56 Å². The van der Waals surface area contributed by atoms with Crippen LogP contribution in [0.25, 0.3) is 10.9 Å². The quantitative estimate of drug-likeness (QED) is 0.425. The summed E-state index contributed by atoms with van der Waals surface area (Å²) in [5, 5.41) is 13.7. The van der Waals surface area contributed by atoms with Gasteiger partial charge in [-0.05, 0) is 65.3 Å². The van der Waals surface area contributed by atoms with Gasteiger partial charge in [0.25, 0.3) is 5.56 Å². The van der Waals surface area contributed by atoms with Crippen molar-refractivity contribution in [1.82, 2.24) is 30.1 Å². The topological polar surface area (TPSA) is 79.7 Å². The standard InChI is InChI=1S/C27H32N6O/c1-20-12-13-22-17-23(27(34)28-25(22)16-20)18-32(24-10-6-3-7-11-24)19-26-29-30-31-33(26)15-14-21-8-4-2-5-9-21/h2,4-5,8-9,12-13,16-17,24H,3,6-7,10-11,14-15,18-19H2,1H3,(H,28,34). The highest BCUT2D eigenvalue weighted by Crippen LogP contribution is 2.25. The largest absolute Gasteiger partial charge is 0.322 e. The first-order chi connectivity index (χ1) is 16.7. The van der Waals surface area contributed by atoms with Crippen LogP contribution in [0.5, 0.6) is 0 Å². The van der Waals surface area contributed by atoms with Gasteiger partial charge >= 0.3 is 0 Å². The van der Waals surface area contributed by atoms with Crippen molar-refractivity contribution >= 4 is 10.9 Å². The van der Waals surface area contributed by atoms with Crippen LogP contribution in [-0.2, 0) is 26.1 Å². The number of rotatable bonds is 8. The maximum Gasteiger partial charge on any atom is 0.252 e. The fraction of sp³-hybridized carbons (Fsp3) is 0.407. The minimum Gasteiger partial charge on any atom is -0.322 e.